The number of thioether (sulfide) groups is 1. The van der Waals surface area contributed by atoms with Crippen LogP contribution in [0.5, 0.6) is 0 Å². The van der Waals surface area contributed by atoms with E-state index in [1.807, 2.05) is 24.3 Å². The van der Waals surface area contributed by atoms with E-state index in [9.17, 15) is 4.79 Å². The molecule has 0 radical (unpaired) electrons. The molecule has 0 spiro atoms. The molecule has 0 fully saturated rings. The maximum Gasteiger partial charge on any atom is 0.316 e. The second-order valence-corrected chi connectivity index (χ2v) is 5.32. The lowest BCUT2D eigenvalue weighted by atomic mass is 10.2. The van der Waals surface area contributed by atoms with Crippen LogP contribution in [0, 0.1) is 0 Å². The van der Waals surface area contributed by atoms with Crippen LogP contribution in [0.25, 0.3) is 11.4 Å². The predicted octanol–water partition coefficient (Wildman–Crippen LogP) is 1.69. The summed E-state index contributed by atoms with van der Waals surface area (Å²) in [4.78, 5) is 11.1. The van der Waals surface area contributed by atoms with Crippen molar-refractivity contribution >= 4 is 33.7 Å². The molecular formula is C11H11BrN4O2S. The summed E-state index contributed by atoms with van der Waals surface area (Å²) in [7, 11) is 1.34. The van der Waals surface area contributed by atoms with E-state index in [-0.39, 0.29) is 11.7 Å². The first-order valence-corrected chi connectivity index (χ1v) is 7.06. The SMILES string of the molecule is COC(=O)CSc1nnc(-c2ccccc2Br)n1N. The molecule has 0 amide bonds. The highest BCUT2D eigenvalue weighted by atomic mass is 79.9. The van der Waals surface area contributed by atoms with Crippen molar-refractivity contribution in [3.8, 4) is 11.4 Å². The van der Waals surface area contributed by atoms with Crippen LogP contribution in [-0.4, -0.2) is 33.7 Å². The number of rotatable bonds is 4. The summed E-state index contributed by atoms with van der Waals surface area (Å²) < 4.78 is 6.79. The average molecular weight is 343 g/mol. The minimum atomic E-state index is -0.338. The van der Waals surface area contributed by atoms with E-state index in [1.165, 1.54) is 23.5 Å². The van der Waals surface area contributed by atoms with Crippen LogP contribution >= 0.6 is 27.7 Å². The van der Waals surface area contributed by atoms with Crippen molar-refractivity contribution in [1.82, 2.24) is 14.9 Å². The number of esters is 1. The lowest BCUT2D eigenvalue weighted by Gasteiger charge is -2.04. The molecule has 0 atom stereocenters. The van der Waals surface area contributed by atoms with Crippen LogP contribution < -0.4 is 5.84 Å². The van der Waals surface area contributed by atoms with Crippen LogP contribution in [0.2, 0.25) is 0 Å². The Kier molecular flexibility index (Phi) is 4.43. The van der Waals surface area contributed by atoms with E-state index < -0.39 is 0 Å². The van der Waals surface area contributed by atoms with Crippen LogP contribution in [0.1, 0.15) is 0 Å². The van der Waals surface area contributed by atoms with E-state index >= 15 is 0 Å². The lowest BCUT2D eigenvalue weighted by Crippen LogP contribution is -2.13. The van der Waals surface area contributed by atoms with Gasteiger partial charge >= 0.3 is 5.97 Å². The summed E-state index contributed by atoms with van der Waals surface area (Å²) in [6.07, 6.45) is 0. The number of ether oxygens (including phenoxy) is 1. The summed E-state index contributed by atoms with van der Waals surface area (Å²) >= 11 is 4.61. The summed E-state index contributed by atoms with van der Waals surface area (Å²) in [5.74, 6) is 6.26. The molecule has 1 aromatic heterocycles. The van der Waals surface area contributed by atoms with E-state index in [0.29, 0.717) is 11.0 Å². The third kappa shape index (κ3) is 3.07. The number of methoxy groups -OCH3 is 1. The number of nitrogen functional groups attached to an aromatic ring is 1. The smallest absolute Gasteiger partial charge is 0.316 e. The summed E-state index contributed by atoms with van der Waals surface area (Å²) in [6, 6.07) is 7.56. The standard InChI is InChI=1S/C11H11BrN4O2S/c1-18-9(17)6-19-11-15-14-10(16(11)13)7-4-2-3-5-8(7)12/h2-5H,6,13H2,1H3. The van der Waals surface area contributed by atoms with Crippen molar-refractivity contribution < 1.29 is 9.53 Å². The Bertz CT molecular complexity index is 602. The highest BCUT2D eigenvalue weighted by molar-refractivity contribution is 9.10. The van der Waals surface area contributed by atoms with Crippen molar-refractivity contribution in [2.24, 2.45) is 0 Å². The maximum atomic E-state index is 11.1. The zero-order valence-corrected chi connectivity index (χ0v) is 12.4. The molecule has 0 aliphatic heterocycles. The number of carbonyl (C=O) groups is 1. The molecule has 19 heavy (non-hydrogen) atoms. The third-order valence-electron chi connectivity index (χ3n) is 2.33. The first kappa shape index (κ1) is 13.9. The first-order chi connectivity index (χ1) is 9.13. The molecule has 2 N–H and O–H groups in total. The number of hydrogen-bond acceptors (Lipinski definition) is 6. The molecule has 8 heteroatoms. The highest BCUT2D eigenvalue weighted by Crippen LogP contribution is 2.27. The average Bonchev–Trinajstić information content (AvgIpc) is 2.78. The maximum absolute atomic E-state index is 11.1. The molecule has 0 aliphatic carbocycles. The van der Waals surface area contributed by atoms with Gasteiger partial charge in [0.1, 0.15) is 0 Å². The fraction of sp³-hybridized carbons (Fsp3) is 0.182. The number of nitrogens with two attached hydrogens (primary N) is 1. The second kappa shape index (κ2) is 6.07. The van der Waals surface area contributed by atoms with Crippen molar-refractivity contribution in [2.45, 2.75) is 5.16 Å². The van der Waals surface area contributed by atoms with Gasteiger partial charge in [0.2, 0.25) is 5.16 Å². The summed E-state index contributed by atoms with van der Waals surface area (Å²) in [5, 5.41) is 8.45. The third-order valence-corrected chi connectivity index (χ3v) is 3.93. The molecule has 2 aromatic rings. The molecule has 1 aromatic carbocycles. The molecular weight excluding hydrogens is 332 g/mol. The van der Waals surface area contributed by atoms with Gasteiger partial charge in [-0.2, -0.15) is 0 Å². The van der Waals surface area contributed by atoms with Gasteiger partial charge in [0.25, 0.3) is 0 Å². The van der Waals surface area contributed by atoms with E-state index in [0.717, 1.165) is 10.0 Å². The number of carbonyl (C=O) groups excluding carboxylic acids is 1. The summed E-state index contributed by atoms with van der Waals surface area (Å²) in [5.41, 5.74) is 0.836. The van der Waals surface area contributed by atoms with Crippen LogP contribution in [0.3, 0.4) is 0 Å². The fourth-order valence-electron chi connectivity index (χ4n) is 1.38. The van der Waals surface area contributed by atoms with Crippen molar-refractivity contribution in [2.75, 3.05) is 18.7 Å². The van der Waals surface area contributed by atoms with E-state index in [2.05, 4.69) is 30.9 Å². The monoisotopic (exact) mass is 342 g/mol. The Morgan fingerprint density at radius 1 is 1.47 bits per heavy atom. The van der Waals surface area contributed by atoms with Gasteiger partial charge in [-0.15, -0.1) is 10.2 Å². The van der Waals surface area contributed by atoms with Crippen LogP contribution in [0.4, 0.5) is 0 Å². The zero-order valence-electron chi connectivity index (χ0n) is 10.0. The van der Waals surface area contributed by atoms with Crippen LogP contribution in [0.15, 0.2) is 33.9 Å². The van der Waals surface area contributed by atoms with E-state index in [4.69, 9.17) is 5.84 Å². The molecule has 1 heterocycles. The molecule has 0 saturated carbocycles. The Morgan fingerprint density at radius 3 is 2.89 bits per heavy atom. The Hall–Kier alpha value is -1.54. The fourth-order valence-corrected chi connectivity index (χ4v) is 2.54. The molecule has 100 valence electrons. The number of halogens is 1. The Labute approximate surface area is 122 Å². The molecule has 0 unspecified atom stereocenters. The topological polar surface area (TPSA) is 83.0 Å². The lowest BCUT2D eigenvalue weighted by molar-refractivity contribution is -0.137. The van der Waals surface area contributed by atoms with E-state index in [1.54, 1.807) is 0 Å². The van der Waals surface area contributed by atoms with Crippen molar-refractivity contribution in [1.29, 1.82) is 0 Å². The van der Waals surface area contributed by atoms with Crippen LogP contribution in [-0.2, 0) is 9.53 Å². The number of benzene rings is 1. The van der Waals surface area contributed by atoms with Gasteiger partial charge in [-0.1, -0.05) is 39.8 Å². The molecule has 2 rings (SSSR count). The second-order valence-electron chi connectivity index (χ2n) is 3.52. The van der Waals surface area contributed by atoms with Gasteiger partial charge in [0.05, 0.1) is 12.9 Å². The normalized spacial score (nSPS) is 10.4. The van der Waals surface area contributed by atoms with Gasteiger partial charge in [-0.25, -0.2) is 4.68 Å². The van der Waals surface area contributed by atoms with Gasteiger partial charge in [0, 0.05) is 10.0 Å². The Balaban J connectivity index is 2.24. The van der Waals surface area contributed by atoms with Crippen molar-refractivity contribution in [3.63, 3.8) is 0 Å². The predicted molar refractivity (Wildman–Crippen MR) is 76.0 cm³/mol. The van der Waals surface area contributed by atoms with Gasteiger partial charge < -0.3 is 10.6 Å². The highest BCUT2D eigenvalue weighted by Gasteiger charge is 2.15. The quantitative estimate of drug-likeness (QED) is 0.517. The molecule has 0 bridgehead atoms. The zero-order chi connectivity index (χ0) is 13.8. The Morgan fingerprint density at radius 2 is 2.21 bits per heavy atom. The molecule has 6 nitrogen and oxygen atoms in total. The summed E-state index contributed by atoms with van der Waals surface area (Å²) in [6.45, 7) is 0. The number of nitrogens with zero attached hydrogens (tertiary/aromatic N) is 3. The minimum absolute atomic E-state index is 0.141. The van der Waals surface area contributed by atoms with Crippen molar-refractivity contribution in [3.05, 3.63) is 28.7 Å². The minimum Gasteiger partial charge on any atom is -0.468 e. The van der Waals surface area contributed by atoms with Gasteiger partial charge in [-0.3, -0.25) is 4.79 Å². The number of hydrogen-bond donors (Lipinski definition) is 1. The first-order valence-electron chi connectivity index (χ1n) is 5.28. The number of aromatic nitrogens is 3. The molecule has 0 saturated heterocycles. The van der Waals surface area contributed by atoms with Gasteiger partial charge in [-0.05, 0) is 12.1 Å². The largest absolute Gasteiger partial charge is 0.468 e. The van der Waals surface area contributed by atoms with Gasteiger partial charge in [0.15, 0.2) is 5.82 Å². The molecule has 0 aliphatic rings.